The van der Waals surface area contributed by atoms with E-state index in [-0.39, 0.29) is 24.2 Å². The topological polar surface area (TPSA) is 40.5 Å². The van der Waals surface area contributed by atoms with E-state index in [1.54, 1.807) is 11.0 Å². The summed E-state index contributed by atoms with van der Waals surface area (Å²) in [5.74, 6) is 5.09. The molecular formula is C16H18FNO2. The number of piperidine rings is 1. The van der Waals surface area contributed by atoms with E-state index in [9.17, 15) is 9.18 Å². The van der Waals surface area contributed by atoms with Crippen molar-refractivity contribution in [3.8, 4) is 11.8 Å². The maximum atomic E-state index is 13.3. The SMILES string of the molecule is CC1CCCN(Cc2ccc(F)cc2C#CCO)C1=O. The smallest absolute Gasteiger partial charge is 0.225 e. The first-order chi connectivity index (χ1) is 9.61. The summed E-state index contributed by atoms with van der Waals surface area (Å²) in [6.45, 7) is 2.84. The third-order valence-corrected chi connectivity index (χ3v) is 3.53. The zero-order chi connectivity index (χ0) is 14.5. The summed E-state index contributed by atoms with van der Waals surface area (Å²) < 4.78 is 13.3. The van der Waals surface area contributed by atoms with Gasteiger partial charge in [-0.1, -0.05) is 24.8 Å². The summed E-state index contributed by atoms with van der Waals surface area (Å²) in [6, 6.07) is 4.37. The summed E-state index contributed by atoms with van der Waals surface area (Å²) in [7, 11) is 0. The molecule has 2 rings (SSSR count). The van der Waals surface area contributed by atoms with Crippen LogP contribution in [-0.4, -0.2) is 29.1 Å². The molecule has 1 saturated heterocycles. The first-order valence-electron chi connectivity index (χ1n) is 6.78. The molecular weight excluding hydrogens is 257 g/mol. The highest BCUT2D eigenvalue weighted by molar-refractivity contribution is 5.79. The minimum Gasteiger partial charge on any atom is -0.384 e. The van der Waals surface area contributed by atoms with Gasteiger partial charge < -0.3 is 10.0 Å². The van der Waals surface area contributed by atoms with E-state index in [2.05, 4.69) is 11.8 Å². The van der Waals surface area contributed by atoms with Crippen LogP contribution in [0.4, 0.5) is 4.39 Å². The fourth-order valence-electron chi connectivity index (χ4n) is 2.43. The second kappa shape index (κ2) is 6.53. The van der Waals surface area contributed by atoms with Gasteiger partial charge in [-0.2, -0.15) is 0 Å². The first-order valence-corrected chi connectivity index (χ1v) is 6.78. The van der Waals surface area contributed by atoms with E-state index in [1.807, 2.05) is 6.92 Å². The lowest BCUT2D eigenvalue weighted by Gasteiger charge is -2.31. The number of rotatable bonds is 2. The van der Waals surface area contributed by atoms with Crippen molar-refractivity contribution >= 4 is 5.91 Å². The second-order valence-corrected chi connectivity index (χ2v) is 5.06. The van der Waals surface area contributed by atoms with Gasteiger partial charge in [0.05, 0.1) is 0 Å². The van der Waals surface area contributed by atoms with E-state index < -0.39 is 0 Å². The van der Waals surface area contributed by atoms with Gasteiger partial charge in [0.2, 0.25) is 5.91 Å². The van der Waals surface area contributed by atoms with Crippen molar-refractivity contribution in [1.29, 1.82) is 0 Å². The summed E-state index contributed by atoms with van der Waals surface area (Å²) in [5.41, 5.74) is 1.35. The van der Waals surface area contributed by atoms with Crippen molar-refractivity contribution < 1.29 is 14.3 Å². The molecule has 0 bridgehead atoms. The van der Waals surface area contributed by atoms with Crippen LogP contribution in [0.3, 0.4) is 0 Å². The molecule has 1 aliphatic rings. The number of nitrogens with zero attached hydrogens (tertiary/aromatic N) is 1. The van der Waals surface area contributed by atoms with Crippen LogP contribution < -0.4 is 0 Å². The normalized spacial score (nSPS) is 18.6. The molecule has 1 unspecified atom stereocenters. The fourth-order valence-corrected chi connectivity index (χ4v) is 2.43. The number of amides is 1. The van der Waals surface area contributed by atoms with Crippen LogP contribution >= 0.6 is 0 Å². The molecule has 1 atom stereocenters. The average Bonchev–Trinajstić information content (AvgIpc) is 2.44. The standard InChI is InChI=1S/C16H18FNO2/c1-12-4-2-8-18(16(12)20)11-14-6-7-15(17)10-13(14)5-3-9-19/h6-7,10,12,19H,2,4,8-9,11H2,1H3. The Balaban J connectivity index is 2.22. The molecule has 0 aromatic heterocycles. The fraction of sp³-hybridized carbons (Fsp3) is 0.438. The molecule has 106 valence electrons. The van der Waals surface area contributed by atoms with Gasteiger partial charge >= 0.3 is 0 Å². The molecule has 20 heavy (non-hydrogen) atoms. The predicted molar refractivity (Wildman–Crippen MR) is 74.2 cm³/mol. The van der Waals surface area contributed by atoms with Crippen LogP contribution in [0.25, 0.3) is 0 Å². The van der Waals surface area contributed by atoms with Crippen LogP contribution in [0.15, 0.2) is 18.2 Å². The largest absolute Gasteiger partial charge is 0.384 e. The van der Waals surface area contributed by atoms with Crippen LogP contribution in [0.5, 0.6) is 0 Å². The molecule has 1 amide bonds. The van der Waals surface area contributed by atoms with Gasteiger partial charge in [0.15, 0.2) is 0 Å². The Kier molecular flexibility index (Phi) is 4.75. The molecule has 1 aromatic carbocycles. The Morgan fingerprint density at radius 1 is 1.50 bits per heavy atom. The van der Waals surface area contributed by atoms with Gasteiger partial charge in [0.1, 0.15) is 12.4 Å². The monoisotopic (exact) mass is 275 g/mol. The highest BCUT2D eigenvalue weighted by Gasteiger charge is 2.25. The Hall–Kier alpha value is -1.86. The van der Waals surface area contributed by atoms with Gasteiger partial charge in [-0.25, -0.2) is 4.39 Å². The highest BCUT2D eigenvalue weighted by atomic mass is 19.1. The summed E-state index contributed by atoms with van der Waals surface area (Å²) in [4.78, 5) is 13.9. The average molecular weight is 275 g/mol. The lowest BCUT2D eigenvalue weighted by Crippen LogP contribution is -2.39. The number of aliphatic hydroxyl groups is 1. The van der Waals surface area contributed by atoms with E-state index in [1.165, 1.54) is 12.1 Å². The minimum absolute atomic E-state index is 0.0520. The minimum atomic E-state index is -0.366. The van der Waals surface area contributed by atoms with E-state index >= 15 is 0 Å². The Morgan fingerprint density at radius 3 is 3.05 bits per heavy atom. The molecule has 0 spiro atoms. The molecule has 1 N–H and O–H groups in total. The zero-order valence-corrected chi connectivity index (χ0v) is 11.5. The van der Waals surface area contributed by atoms with Gasteiger partial charge in [-0.15, -0.1) is 0 Å². The Bertz CT molecular complexity index is 559. The van der Waals surface area contributed by atoms with Gasteiger partial charge in [-0.3, -0.25) is 4.79 Å². The van der Waals surface area contributed by atoms with E-state index in [4.69, 9.17) is 5.11 Å². The quantitative estimate of drug-likeness (QED) is 0.838. The van der Waals surface area contributed by atoms with Gasteiger partial charge in [-0.05, 0) is 30.5 Å². The van der Waals surface area contributed by atoms with Crippen LogP contribution in [-0.2, 0) is 11.3 Å². The number of aliphatic hydroxyl groups excluding tert-OH is 1. The molecule has 1 fully saturated rings. The highest BCUT2D eigenvalue weighted by Crippen LogP contribution is 2.21. The number of hydrogen-bond acceptors (Lipinski definition) is 2. The lowest BCUT2D eigenvalue weighted by molar-refractivity contribution is -0.138. The molecule has 4 heteroatoms. The summed E-state index contributed by atoms with van der Waals surface area (Å²) >= 11 is 0. The number of benzene rings is 1. The first kappa shape index (κ1) is 14.5. The maximum absolute atomic E-state index is 13.3. The molecule has 1 aliphatic heterocycles. The van der Waals surface area contributed by atoms with Crippen molar-refractivity contribution in [2.45, 2.75) is 26.3 Å². The van der Waals surface area contributed by atoms with E-state index in [0.29, 0.717) is 12.1 Å². The van der Waals surface area contributed by atoms with Crippen molar-refractivity contribution in [2.75, 3.05) is 13.2 Å². The number of halogens is 1. The number of carbonyl (C=O) groups excluding carboxylic acids is 1. The molecule has 1 aromatic rings. The number of hydrogen-bond donors (Lipinski definition) is 1. The Morgan fingerprint density at radius 2 is 2.30 bits per heavy atom. The Labute approximate surface area is 118 Å². The van der Waals surface area contributed by atoms with Crippen LogP contribution in [0.1, 0.15) is 30.9 Å². The summed E-state index contributed by atoms with van der Waals surface area (Å²) in [5, 5.41) is 8.75. The number of likely N-dealkylation sites (tertiary alicyclic amines) is 1. The molecule has 0 aliphatic carbocycles. The van der Waals surface area contributed by atoms with Crippen molar-refractivity contribution in [2.24, 2.45) is 5.92 Å². The summed E-state index contributed by atoms with van der Waals surface area (Å²) in [6.07, 6.45) is 1.92. The van der Waals surface area contributed by atoms with Gasteiger partial charge in [0, 0.05) is 24.6 Å². The zero-order valence-electron chi connectivity index (χ0n) is 11.5. The van der Waals surface area contributed by atoms with Crippen molar-refractivity contribution in [3.05, 3.63) is 35.1 Å². The van der Waals surface area contributed by atoms with Crippen molar-refractivity contribution in [3.63, 3.8) is 0 Å². The van der Waals surface area contributed by atoms with Crippen molar-refractivity contribution in [1.82, 2.24) is 4.90 Å². The van der Waals surface area contributed by atoms with E-state index in [0.717, 1.165) is 24.9 Å². The van der Waals surface area contributed by atoms with Crippen LogP contribution in [0.2, 0.25) is 0 Å². The molecule has 3 nitrogen and oxygen atoms in total. The van der Waals surface area contributed by atoms with Crippen LogP contribution in [0, 0.1) is 23.6 Å². The maximum Gasteiger partial charge on any atom is 0.225 e. The van der Waals surface area contributed by atoms with Gasteiger partial charge in [0.25, 0.3) is 0 Å². The molecule has 0 radical (unpaired) electrons. The molecule has 1 heterocycles. The second-order valence-electron chi connectivity index (χ2n) is 5.06. The lowest BCUT2D eigenvalue weighted by atomic mass is 9.98. The third-order valence-electron chi connectivity index (χ3n) is 3.53. The molecule has 0 saturated carbocycles. The number of carbonyl (C=O) groups is 1. The predicted octanol–water partition coefficient (Wildman–Crippen LogP) is 1.93. The third kappa shape index (κ3) is 3.37.